The third-order valence-corrected chi connectivity index (χ3v) is 3.49. The number of carbonyl (C=O) groups excluding carboxylic acids is 2. The zero-order chi connectivity index (χ0) is 17.9. The van der Waals surface area contributed by atoms with Crippen molar-refractivity contribution in [2.24, 2.45) is 5.41 Å². The molecule has 8 heteroatoms. The van der Waals surface area contributed by atoms with Crippen LogP contribution in [0.15, 0.2) is 0 Å². The maximum atomic E-state index is 12.5. The SMILES string of the molecule is Cc1n[nH]c(C)c1C(=O)N[C@H](C(=O)N[C@@H](C)C(=O)O)C(C)(C)C. The van der Waals surface area contributed by atoms with Gasteiger partial charge in [0.2, 0.25) is 5.91 Å². The first-order chi connectivity index (χ1) is 10.4. The second kappa shape index (κ2) is 6.80. The van der Waals surface area contributed by atoms with Gasteiger partial charge in [0.05, 0.1) is 11.3 Å². The highest BCUT2D eigenvalue weighted by atomic mass is 16.4. The van der Waals surface area contributed by atoms with Crippen molar-refractivity contribution >= 4 is 17.8 Å². The van der Waals surface area contributed by atoms with Gasteiger partial charge in [0.25, 0.3) is 5.91 Å². The number of amides is 2. The normalized spacial score (nSPS) is 14.0. The Morgan fingerprint density at radius 3 is 2.13 bits per heavy atom. The first-order valence-corrected chi connectivity index (χ1v) is 7.30. The van der Waals surface area contributed by atoms with Crippen molar-refractivity contribution in [3.63, 3.8) is 0 Å². The Balaban J connectivity index is 2.98. The van der Waals surface area contributed by atoms with E-state index in [-0.39, 0.29) is 0 Å². The van der Waals surface area contributed by atoms with Gasteiger partial charge in [-0.05, 0) is 26.2 Å². The summed E-state index contributed by atoms with van der Waals surface area (Å²) in [7, 11) is 0. The summed E-state index contributed by atoms with van der Waals surface area (Å²) < 4.78 is 0. The fraction of sp³-hybridized carbons (Fsp3) is 0.600. The number of hydrogen-bond acceptors (Lipinski definition) is 4. The lowest BCUT2D eigenvalue weighted by Gasteiger charge is -2.31. The standard InChI is InChI=1S/C15H24N4O4/c1-7-10(8(2)19-18-7)12(20)17-11(15(4,5)6)13(21)16-9(3)14(22)23/h9,11H,1-6H3,(H,16,21)(H,17,20)(H,18,19)(H,22,23)/t9-,11+/m0/s1. The number of aryl methyl sites for hydroxylation is 2. The van der Waals surface area contributed by atoms with Crippen LogP contribution in [0.1, 0.15) is 49.4 Å². The van der Waals surface area contributed by atoms with Crippen molar-refractivity contribution in [2.45, 2.75) is 53.6 Å². The van der Waals surface area contributed by atoms with Crippen molar-refractivity contribution in [3.05, 3.63) is 17.0 Å². The topological polar surface area (TPSA) is 124 Å². The minimum atomic E-state index is -1.14. The Hall–Kier alpha value is -2.38. The smallest absolute Gasteiger partial charge is 0.325 e. The second-order valence-electron chi connectivity index (χ2n) is 6.65. The Morgan fingerprint density at radius 2 is 1.74 bits per heavy atom. The van der Waals surface area contributed by atoms with E-state index in [0.717, 1.165) is 0 Å². The molecule has 1 heterocycles. The van der Waals surface area contributed by atoms with Crippen LogP contribution in [0.5, 0.6) is 0 Å². The van der Waals surface area contributed by atoms with Crippen molar-refractivity contribution in [3.8, 4) is 0 Å². The van der Waals surface area contributed by atoms with Crippen LogP contribution in [0.2, 0.25) is 0 Å². The second-order valence-corrected chi connectivity index (χ2v) is 6.65. The number of hydrogen-bond donors (Lipinski definition) is 4. The summed E-state index contributed by atoms with van der Waals surface area (Å²) in [6.07, 6.45) is 0. The van der Waals surface area contributed by atoms with Gasteiger partial charge in [-0.25, -0.2) is 0 Å². The number of nitrogens with one attached hydrogen (secondary N) is 3. The predicted octanol–water partition coefficient (Wildman–Crippen LogP) is 0.760. The van der Waals surface area contributed by atoms with Crippen LogP contribution in [0.3, 0.4) is 0 Å². The van der Waals surface area contributed by atoms with Crippen LogP contribution in [-0.4, -0.2) is 45.2 Å². The molecule has 0 aliphatic carbocycles. The lowest BCUT2D eigenvalue weighted by Crippen LogP contribution is -2.56. The molecule has 1 aromatic heterocycles. The molecule has 0 aliphatic heterocycles. The molecule has 2 amide bonds. The Morgan fingerprint density at radius 1 is 1.17 bits per heavy atom. The monoisotopic (exact) mass is 324 g/mol. The third kappa shape index (κ3) is 4.54. The molecule has 2 atom stereocenters. The molecule has 1 aromatic rings. The fourth-order valence-corrected chi connectivity index (χ4v) is 2.12. The van der Waals surface area contributed by atoms with Crippen molar-refractivity contribution in [1.82, 2.24) is 20.8 Å². The molecule has 8 nitrogen and oxygen atoms in total. The van der Waals surface area contributed by atoms with Crippen LogP contribution >= 0.6 is 0 Å². The number of aromatic amines is 1. The van der Waals surface area contributed by atoms with Crippen LogP contribution in [0.25, 0.3) is 0 Å². The number of carboxylic acids is 1. The van der Waals surface area contributed by atoms with Gasteiger partial charge in [-0.2, -0.15) is 5.10 Å². The van der Waals surface area contributed by atoms with Gasteiger partial charge < -0.3 is 15.7 Å². The number of aliphatic carboxylic acids is 1. The molecule has 0 saturated heterocycles. The first-order valence-electron chi connectivity index (χ1n) is 7.30. The summed E-state index contributed by atoms with van der Waals surface area (Å²) in [5.74, 6) is -2.11. The van der Waals surface area contributed by atoms with Gasteiger partial charge in [-0.1, -0.05) is 20.8 Å². The van der Waals surface area contributed by atoms with Crippen LogP contribution < -0.4 is 10.6 Å². The molecule has 23 heavy (non-hydrogen) atoms. The molecule has 128 valence electrons. The van der Waals surface area contributed by atoms with E-state index in [1.54, 1.807) is 34.6 Å². The van der Waals surface area contributed by atoms with Gasteiger partial charge in [-0.3, -0.25) is 19.5 Å². The van der Waals surface area contributed by atoms with Gasteiger partial charge in [0.15, 0.2) is 0 Å². The molecule has 0 radical (unpaired) electrons. The largest absolute Gasteiger partial charge is 0.480 e. The molecule has 1 rings (SSSR count). The van der Waals surface area contributed by atoms with Crippen LogP contribution in [-0.2, 0) is 9.59 Å². The van der Waals surface area contributed by atoms with Crippen molar-refractivity contribution < 1.29 is 19.5 Å². The number of aromatic nitrogens is 2. The molecule has 0 fully saturated rings. The zero-order valence-electron chi connectivity index (χ0n) is 14.3. The van der Waals surface area contributed by atoms with Gasteiger partial charge in [0, 0.05) is 5.69 Å². The average Bonchev–Trinajstić information content (AvgIpc) is 2.73. The van der Waals surface area contributed by atoms with E-state index < -0.39 is 35.3 Å². The van der Waals surface area contributed by atoms with Gasteiger partial charge >= 0.3 is 5.97 Å². The Labute approximate surface area is 135 Å². The van der Waals surface area contributed by atoms with Crippen molar-refractivity contribution in [1.29, 1.82) is 0 Å². The molecule has 0 spiro atoms. The molecule has 0 unspecified atom stereocenters. The Kier molecular flexibility index (Phi) is 5.52. The summed E-state index contributed by atoms with van der Waals surface area (Å²) in [5.41, 5.74) is 0.932. The van der Waals surface area contributed by atoms with E-state index in [1.165, 1.54) is 6.92 Å². The highest BCUT2D eigenvalue weighted by molar-refractivity contribution is 5.99. The summed E-state index contributed by atoms with van der Waals surface area (Å²) in [6.45, 7) is 10.1. The lowest BCUT2D eigenvalue weighted by atomic mass is 9.85. The Bertz CT molecular complexity index is 596. The number of H-pyrrole nitrogens is 1. The summed E-state index contributed by atoms with van der Waals surface area (Å²) in [5, 5.41) is 20.7. The fourth-order valence-electron chi connectivity index (χ4n) is 2.12. The minimum absolute atomic E-state index is 0.387. The van der Waals surface area contributed by atoms with E-state index >= 15 is 0 Å². The van der Waals surface area contributed by atoms with E-state index in [0.29, 0.717) is 17.0 Å². The van der Waals surface area contributed by atoms with Gasteiger partial charge in [0.1, 0.15) is 12.1 Å². The molecular weight excluding hydrogens is 300 g/mol. The highest BCUT2D eigenvalue weighted by Gasteiger charge is 2.35. The van der Waals surface area contributed by atoms with E-state index in [9.17, 15) is 14.4 Å². The summed E-state index contributed by atoms with van der Waals surface area (Å²) in [4.78, 5) is 35.7. The first kappa shape index (κ1) is 18.7. The van der Waals surface area contributed by atoms with Crippen LogP contribution in [0.4, 0.5) is 0 Å². The molecule has 0 aliphatic rings. The summed E-state index contributed by atoms with van der Waals surface area (Å²) in [6, 6.07) is -1.92. The highest BCUT2D eigenvalue weighted by Crippen LogP contribution is 2.21. The lowest BCUT2D eigenvalue weighted by molar-refractivity contribution is -0.142. The molecule has 0 aromatic carbocycles. The number of carboxylic acid groups (broad SMARTS) is 1. The maximum absolute atomic E-state index is 12.5. The average molecular weight is 324 g/mol. The van der Waals surface area contributed by atoms with Gasteiger partial charge in [-0.15, -0.1) is 0 Å². The maximum Gasteiger partial charge on any atom is 0.325 e. The van der Waals surface area contributed by atoms with E-state index in [1.807, 2.05) is 0 Å². The van der Waals surface area contributed by atoms with E-state index in [4.69, 9.17) is 5.11 Å². The number of rotatable bonds is 5. The molecular formula is C15H24N4O4. The van der Waals surface area contributed by atoms with Crippen molar-refractivity contribution in [2.75, 3.05) is 0 Å². The minimum Gasteiger partial charge on any atom is -0.480 e. The molecule has 0 bridgehead atoms. The molecule has 0 saturated carbocycles. The quantitative estimate of drug-likeness (QED) is 0.636. The van der Waals surface area contributed by atoms with E-state index in [2.05, 4.69) is 20.8 Å². The number of carbonyl (C=O) groups is 3. The third-order valence-electron chi connectivity index (χ3n) is 3.49. The summed E-state index contributed by atoms with van der Waals surface area (Å²) >= 11 is 0. The predicted molar refractivity (Wildman–Crippen MR) is 84.0 cm³/mol. The molecule has 4 N–H and O–H groups in total. The zero-order valence-corrected chi connectivity index (χ0v) is 14.3. The number of nitrogens with zero attached hydrogens (tertiary/aromatic N) is 1. The van der Waals surface area contributed by atoms with Crippen LogP contribution in [0, 0.1) is 19.3 Å².